The number of halogens is 1. The number of anilines is 2. The standard InChI is InChI=1S/C19H26FN3O4S2/c1-13(2)23(19(25)28)26-12-15-11-22(18(24)27-15)14-4-5-17(16(20)10-14)21-6-3-8-29-9-7-21/h4-5,10,13,15H,3,6-9,11-12H2,1-2H3,(H,25,28)/t15-/m0/s1. The zero-order valence-corrected chi connectivity index (χ0v) is 18.3. The number of hydrogen-bond acceptors (Lipinski definition) is 6. The molecular weight excluding hydrogens is 417 g/mol. The van der Waals surface area contributed by atoms with Crippen molar-refractivity contribution < 1.29 is 23.6 Å². The minimum absolute atomic E-state index is 0.0126. The van der Waals surface area contributed by atoms with E-state index in [0.29, 0.717) is 11.4 Å². The molecule has 2 aliphatic heterocycles. The molecule has 0 unspecified atom stereocenters. The number of benzene rings is 1. The van der Waals surface area contributed by atoms with Crippen molar-refractivity contribution in [1.82, 2.24) is 5.06 Å². The first-order valence-electron chi connectivity index (χ1n) is 9.62. The zero-order valence-electron chi connectivity index (χ0n) is 16.5. The third kappa shape index (κ3) is 5.49. The van der Waals surface area contributed by atoms with E-state index in [-0.39, 0.29) is 25.0 Å². The minimum Gasteiger partial charge on any atom is -0.441 e. The fraction of sp³-hybridized carbons (Fsp3) is 0.579. The third-order valence-corrected chi connectivity index (χ3v) is 5.98. The van der Waals surface area contributed by atoms with Crippen LogP contribution in [-0.2, 0) is 9.57 Å². The Bertz CT molecular complexity index is 744. The lowest BCUT2D eigenvalue weighted by Gasteiger charge is -2.24. The Morgan fingerprint density at radius 1 is 1.41 bits per heavy atom. The highest BCUT2D eigenvalue weighted by Gasteiger charge is 2.34. The Balaban J connectivity index is 1.64. The normalized spacial score (nSPS) is 20.0. The molecule has 0 radical (unpaired) electrons. The molecule has 2 heterocycles. The van der Waals surface area contributed by atoms with Gasteiger partial charge in [0.05, 0.1) is 24.0 Å². The molecular formula is C19H26FN3O4S2. The zero-order chi connectivity index (χ0) is 21.0. The van der Waals surface area contributed by atoms with Crippen molar-refractivity contribution in [2.75, 3.05) is 47.5 Å². The van der Waals surface area contributed by atoms with Crippen LogP contribution in [0.2, 0.25) is 0 Å². The van der Waals surface area contributed by atoms with Gasteiger partial charge in [-0.1, -0.05) is 12.6 Å². The van der Waals surface area contributed by atoms with Crippen LogP contribution in [0.1, 0.15) is 20.3 Å². The van der Waals surface area contributed by atoms with E-state index in [0.717, 1.165) is 36.1 Å². The number of hydroxylamine groups is 2. The van der Waals surface area contributed by atoms with Gasteiger partial charge in [-0.15, -0.1) is 0 Å². The Kier molecular flexibility index (Phi) is 7.53. The summed E-state index contributed by atoms with van der Waals surface area (Å²) in [5.74, 6) is 1.71. The van der Waals surface area contributed by atoms with E-state index in [4.69, 9.17) is 9.57 Å². The molecule has 2 amide bonds. The fourth-order valence-corrected chi connectivity index (χ4v) is 4.49. The first-order chi connectivity index (χ1) is 13.9. The summed E-state index contributed by atoms with van der Waals surface area (Å²) in [5.41, 5.74) is 0.998. The van der Waals surface area contributed by atoms with Crippen LogP contribution in [0.5, 0.6) is 0 Å². The van der Waals surface area contributed by atoms with E-state index in [9.17, 15) is 14.0 Å². The molecule has 2 fully saturated rings. The van der Waals surface area contributed by atoms with Crippen LogP contribution in [-0.4, -0.2) is 66.3 Å². The van der Waals surface area contributed by atoms with Gasteiger partial charge in [-0.25, -0.2) is 14.2 Å². The maximum atomic E-state index is 14.8. The monoisotopic (exact) mass is 443 g/mol. The number of carbonyl (C=O) groups is 2. The molecule has 0 bridgehead atoms. The molecule has 0 aliphatic carbocycles. The quantitative estimate of drug-likeness (QED) is 0.533. The van der Waals surface area contributed by atoms with Gasteiger partial charge in [0.2, 0.25) is 0 Å². The highest BCUT2D eigenvalue weighted by molar-refractivity contribution is 7.99. The number of carbonyl (C=O) groups excluding carboxylic acids is 2. The van der Waals surface area contributed by atoms with Gasteiger partial charge in [0.1, 0.15) is 18.5 Å². The average molecular weight is 444 g/mol. The molecule has 10 heteroatoms. The molecule has 7 nitrogen and oxygen atoms in total. The van der Waals surface area contributed by atoms with Crippen molar-refractivity contribution in [2.24, 2.45) is 0 Å². The summed E-state index contributed by atoms with van der Waals surface area (Å²) < 4.78 is 20.1. The molecule has 1 aromatic carbocycles. The minimum atomic E-state index is -0.568. The van der Waals surface area contributed by atoms with Crippen molar-refractivity contribution >= 4 is 47.1 Å². The highest BCUT2D eigenvalue weighted by Crippen LogP contribution is 2.29. The van der Waals surface area contributed by atoms with Gasteiger partial charge in [0.15, 0.2) is 0 Å². The van der Waals surface area contributed by atoms with E-state index in [2.05, 4.69) is 12.6 Å². The summed E-state index contributed by atoms with van der Waals surface area (Å²) in [6, 6.07) is 4.62. The topological polar surface area (TPSA) is 62.3 Å². The summed E-state index contributed by atoms with van der Waals surface area (Å²) in [5, 5.41) is 0.596. The highest BCUT2D eigenvalue weighted by atomic mass is 32.2. The second-order valence-corrected chi connectivity index (χ2v) is 8.81. The number of nitrogens with zero attached hydrogens (tertiary/aromatic N) is 3. The number of thiol groups is 1. The van der Waals surface area contributed by atoms with Crippen molar-refractivity contribution in [3.05, 3.63) is 24.0 Å². The lowest BCUT2D eigenvalue weighted by molar-refractivity contribution is -0.146. The van der Waals surface area contributed by atoms with Gasteiger partial charge >= 0.3 is 11.3 Å². The van der Waals surface area contributed by atoms with E-state index in [1.165, 1.54) is 11.0 Å². The molecule has 0 aromatic heterocycles. The van der Waals surface area contributed by atoms with Gasteiger partial charge in [-0.3, -0.25) is 14.5 Å². The third-order valence-electron chi connectivity index (χ3n) is 4.74. The van der Waals surface area contributed by atoms with Crippen molar-refractivity contribution in [1.29, 1.82) is 0 Å². The van der Waals surface area contributed by atoms with Gasteiger partial charge in [-0.2, -0.15) is 11.8 Å². The lowest BCUT2D eigenvalue weighted by Crippen LogP contribution is -2.36. The summed E-state index contributed by atoms with van der Waals surface area (Å²) in [4.78, 5) is 32.6. The molecule has 0 saturated carbocycles. The van der Waals surface area contributed by atoms with E-state index in [1.54, 1.807) is 26.0 Å². The summed E-state index contributed by atoms with van der Waals surface area (Å²) >= 11 is 5.65. The lowest BCUT2D eigenvalue weighted by atomic mass is 10.2. The van der Waals surface area contributed by atoms with E-state index in [1.807, 2.05) is 16.7 Å². The molecule has 1 atom stereocenters. The van der Waals surface area contributed by atoms with Gasteiger partial charge in [0, 0.05) is 18.8 Å². The SMILES string of the molecule is CC(C)N(OC[C@@H]1CN(c2ccc(N3CCCSCC3)c(F)c2)C(=O)O1)C(=O)S. The van der Waals surface area contributed by atoms with Crippen LogP contribution < -0.4 is 9.80 Å². The average Bonchev–Trinajstić information content (AvgIpc) is 2.86. The summed E-state index contributed by atoms with van der Waals surface area (Å²) in [6.45, 7) is 5.43. The van der Waals surface area contributed by atoms with Crippen molar-refractivity contribution in [2.45, 2.75) is 32.4 Å². The molecule has 0 spiro atoms. The number of thioether (sulfide) groups is 1. The number of amides is 2. The predicted molar refractivity (Wildman–Crippen MR) is 115 cm³/mol. The molecule has 29 heavy (non-hydrogen) atoms. The molecule has 160 valence electrons. The Labute approximate surface area is 179 Å². The molecule has 0 N–H and O–H groups in total. The smallest absolute Gasteiger partial charge is 0.414 e. The molecule has 2 saturated heterocycles. The number of rotatable bonds is 6. The van der Waals surface area contributed by atoms with Crippen LogP contribution in [0, 0.1) is 5.82 Å². The molecule has 2 aliphatic rings. The van der Waals surface area contributed by atoms with Crippen LogP contribution in [0.4, 0.5) is 25.4 Å². The predicted octanol–water partition coefficient (Wildman–Crippen LogP) is 3.79. The molecule has 3 rings (SSSR count). The number of hydrogen-bond donors (Lipinski definition) is 1. The summed E-state index contributed by atoms with van der Waals surface area (Å²) in [6.07, 6.45) is -0.110. The Morgan fingerprint density at radius 2 is 2.21 bits per heavy atom. The molecule has 1 aromatic rings. The largest absolute Gasteiger partial charge is 0.441 e. The van der Waals surface area contributed by atoms with E-state index < -0.39 is 17.4 Å². The number of ether oxygens (including phenoxy) is 1. The van der Waals surface area contributed by atoms with Crippen LogP contribution >= 0.6 is 24.4 Å². The first-order valence-corrected chi connectivity index (χ1v) is 11.2. The van der Waals surface area contributed by atoms with Crippen molar-refractivity contribution in [3.8, 4) is 0 Å². The first kappa shape index (κ1) is 22.0. The maximum absolute atomic E-state index is 14.8. The van der Waals surface area contributed by atoms with Gasteiger partial charge in [0.25, 0.3) is 0 Å². The Morgan fingerprint density at radius 3 is 2.90 bits per heavy atom. The van der Waals surface area contributed by atoms with Crippen LogP contribution in [0.3, 0.4) is 0 Å². The van der Waals surface area contributed by atoms with Gasteiger partial charge in [-0.05, 0) is 44.2 Å². The second kappa shape index (κ2) is 9.90. The van der Waals surface area contributed by atoms with E-state index >= 15 is 0 Å². The summed E-state index contributed by atoms with van der Waals surface area (Å²) in [7, 11) is 0. The maximum Gasteiger partial charge on any atom is 0.414 e. The van der Waals surface area contributed by atoms with Crippen molar-refractivity contribution in [3.63, 3.8) is 0 Å². The van der Waals surface area contributed by atoms with Crippen LogP contribution in [0.25, 0.3) is 0 Å². The Hall–Kier alpha value is -1.65. The second-order valence-electron chi connectivity index (χ2n) is 7.20. The van der Waals surface area contributed by atoms with Gasteiger partial charge < -0.3 is 9.64 Å². The fourth-order valence-electron chi connectivity index (χ4n) is 3.31. The number of cyclic esters (lactones) is 1. The van der Waals surface area contributed by atoms with Crippen LogP contribution in [0.15, 0.2) is 18.2 Å².